The molecule has 1 fully saturated rings. The van der Waals surface area contributed by atoms with E-state index in [9.17, 15) is 5.11 Å². The summed E-state index contributed by atoms with van der Waals surface area (Å²) in [5.41, 5.74) is -0.303. The van der Waals surface area contributed by atoms with E-state index in [0.717, 1.165) is 25.9 Å². The standard InChI is InChI=1S/C15H25NOS/c1-14(2,13-7-6-10-18-13)11-16-12-15(17)8-4-3-5-9-15/h6-7,10,16-17H,3-5,8-9,11-12H2,1-2H3. The van der Waals surface area contributed by atoms with Gasteiger partial charge in [-0.25, -0.2) is 0 Å². The number of nitrogens with one attached hydrogen (secondary N) is 1. The van der Waals surface area contributed by atoms with Crippen LogP contribution in [0.5, 0.6) is 0 Å². The van der Waals surface area contributed by atoms with Crippen molar-refractivity contribution in [2.24, 2.45) is 0 Å². The van der Waals surface area contributed by atoms with E-state index in [-0.39, 0.29) is 5.41 Å². The van der Waals surface area contributed by atoms with Gasteiger partial charge >= 0.3 is 0 Å². The molecular weight excluding hydrogens is 242 g/mol. The molecule has 1 aliphatic carbocycles. The van der Waals surface area contributed by atoms with Crippen LogP contribution in [0.15, 0.2) is 17.5 Å². The van der Waals surface area contributed by atoms with Gasteiger partial charge in [-0.3, -0.25) is 0 Å². The summed E-state index contributed by atoms with van der Waals surface area (Å²) >= 11 is 1.81. The third-order valence-electron chi connectivity index (χ3n) is 3.99. The highest BCUT2D eigenvalue weighted by Crippen LogP contribution is 2.29. The minimum Gasteiger partial charge on any atom is -0.389 e. The van der Waals surface area contributed by atoms with Gasteiger partial charge < -0.3 is 10.4 Å². The summed E-state index contributed by atoms with van der Waals surface area (Å²) in [6.07, 6.45) is 5.54. The Morgan fingerprint density at radius 2 is 2.06 bits per heavy atom. The molecule has 0 aromatic carbocycles. The van der Waals surface area contributed by atoms with E-state index in [0.29, 0.717) is 0 Å². The summed E-state index contributed by atoms with van der Waals surface area (Å²) < 4.78 is 0. The molecule has 2 nitrogen and oxygen atoms in total. The van der Waals surface area contributed by atoms with E-state index in [1.807, 2.05) is 11.3 Å². The van der Waals surface area contributed by atoms with E-state index in [2.05, 4.69) is 36.7 Å². The summed E-state index contributed by atoms with van der Waals surface area (Å²) in [5.74, 6) is 0. The van der Waals surface area contributed by atoms with Crippen LogP contribution in [0.4, 0.5) is 0 Å². The second kappa shape index (κ2) is 5.72. The first-order valence-corrected chi connectivity index (χ1v) is 7.87. The molecule has 0 bridgehead atoms. The first-order chi connectivity index (χ1) is 8.52. The maximum absolute atomic E-state index is 10.4. The van der Waals surface area contributed by atoms with E-state index >= 15 is 0 Å². The summed E-state index contributed by atoms with van der Waals surface area (Å²) in [4.78, 5) is 1.41. The van der Waals surface area contributed by atoms with Crippen molar-refractivity contribution in [1.82, 2.24) is 5.32 Å². The van der Waals surface area contributed by atoms with Gasteiger partial charge in [0.2, 0.25) is 0 Å². The Hall–Kier alpha value is -0.380. The molecule has 0 amide bonds. The maximum atomic E-state index is 10.4. The fraction of sp³-hybridized carbons (Fsp3) is 0.733. The minimum absolute atomic E-state index is 0.152. The van der Waals surface area contributed by atoms with Crippen LogP contribution in [0, 0.1) is 0 Å². The zero-order valence-corrected chi connectivity index (χ0v) is 12.4. The summed E-state index contributed by atoms with van der Waals surface area (Å²) in [6.45, 7) is 6.19. The highest BCUT2D eigenvalue weighted by atomic mass is 32.1. The van der Waals surface area contributed by atoms with Crippen LogP contribution in [0.1, 0.15) is 50.8 Å². The molecule has 1 saturated carbocycles. The van der Waals surface area contributed by atoms with Crippen LogP contribution in [0.3, 0.4) is 0 Å². The molecule has 3 heteroatoms. The Morgan fingerprint density at radius 3 is 2.67 bits per heavy atom. The average Bonchev–Trinajstić information content (AvgIpc) is 2.83. The van der Waals surface area contributed by atoms with Crippen LogP contribution in [-0.4, -0.2) is 23.8 Å². The lowest BCUT2D eigenvalue weighted by atomic mass is 9.84. The molecule has 1 aromatic rings. The predicted octanol–water partition coefficient (Wildman–Crippen LogP) is 3.31. The van der Waals surface area contributed by atoms with Gasteiger partial charge in [-0.05, 0) is 24.3 Å². The third-order valence-corrected chi connectivity index (χ3v) is 5.23. The molecule has 0 radical (unpaired) electrons. The monoisotopic (exact) mass is 267 g/mol. The Morgan fingerprint density at radius 1 is 1.33 bits per heavy atom. The molecule has 1 aromatic heterocycles. The quantitative estimate of drug-likeness (QED) is 0.858. The van der Waals surface area contributed by atoms with Gasteiger partial charge in [0.05, 0.1) is 5.60 Å². The normalized spacial score (nSPS) is 19.9. The lowest BCUT2D eigenvalue weighted by Gasteiger charge is -2.34. The van der Waals surface area contributed by atoms with E-state index in [1.165, 1.54) is 24.1 Å². The van der Waals surface area contributed by atoms with Gasteiger partial charge in [0.25, 0.3) is 0 Å². The van der Waals surface area contributed by atoms with Crippen molar-refractivity contribution in [3.05, 3.63) is 22.4 Å². The van der Waals surface area contributed by atoms with Gasteiger partial charge in [-0.15, -0.1) is 11.3 Å². The zero-order valence-electron chi connectivity index (χ0n) is 11.5. The van der Waals surface area contributed by atoms with Crippen LogP contribution in [0.25, 0.3) is 0 Å². The first kappa shape index (κ1) is 14.0. The molecule has 2 N–H and O–H groups in total. The first-order valence-electron chi connectivity index (χ1n) is 6.99. The predicted molar refractivity (Wildman–Crippen MR) is 78.2 cm³/mol. The molecule has 0 unspecified atom stereocenters. The molecule has 0 atom stereocenters. The second-order valence-corrected chi connectivity index (χ2v) is 7.20. The van der Waals surface area contributed by atoms with E-state index < -0.39 is 5.60 Å². The third kappa shape index (κ3) is 3.56. The Bertz CT molecular complexity index is 353. The summed E-state index contributed by atoms with van der Waals surface area (Å²) in [5, 5.41) is 16.1. The maximum Gasteiger partial charge on any atom is 0.0771 e. The van der Waals surface area contributed by atoms with Crippen molar-refractivity contribution in [1.29, 1.82) is 0 Å². The lowest BCUT2D eigenvalue weighted by molar-refractivity contribution is 0.00426. The van der Waals surface area contributed by atoms with Crippen molar-refractivity contribution < 1.29 is 5.11 Å². The zero-order chi connectivity index (χ0) is 13.1. The highest BCUT2D eigenvalue weighted by Gasteiger charge is 2.30. The molecule has 1 heterocycles. The molecule has 102 valence electrons. The molecule has 2 rings (SSSR count). The highest BCUT2D eigenvalue weighted by molar-refractivity contribution is 7.10. The summed E-state index contributed by atoms with van der Waals surface area (Å²) in [6, 6.07) is 4.30. The number of hydrogen-bond donors (Lipinski definition) is 2. The van der Waals surface area contributed by atoms with Crippen LogP contribution in [-0.2, 0) is 5.41 Å². The lowest BCUT2D eigenvalue weighted by Crippen LogP contribution is -2.45. The topological polar surface area (TPSA) is 32.3 Å². The van der Waals surface area contributed by atoms with Gasteiger partial charge in [0, 0.05) is 23.4 Å². The van der Waals surface area contributed by atoms with E-state index in [4.69, 9.17) is 0 Å². The SMILES string of the molecule is CC(C)(CNCC1(O)CCCCC1)c1cccs1. The van der Waals surface area contributed by atoms with Gasteiger partial charge in [0.15, 0.2) is 0 Å². The van der Waals surface area contributed by atoms with E-state index in [1.54, 1.807) is 0 Å². The van der Waals surface area contributed by atoms with Crippen LogP contribution >= 0.6 is 11.3 Å². The largest absolute Gasteiger partial charge is 0.389 e. The number of hydrogen-bond acceptors (Lipinski definition) is 3. The Balaban J connectivity index is 1.81. The molecule has 18 heavy (non-hydrogen) atoms. The van der Waals surface area contributed by atoms with Crippen molar-refractivity contribution in [2.75, 3.05) is 13.1 Å². The number of thiophene rings is 1. The Kier molecular flexibility index (Phi) is 4.46. The van der Waals surface area contributed by atoms with Crippen molar-refractivity contribution in [3.8, 4) is 0 Å². The van der Waals surface area contributed by atoms with Crippen molar-refractivity contribution in [3.63, 3.8) is 0 Å². The molecule has 0 saturated heterocycles. The molecule has 1 aliphatic rings. The van der Waals surface area contributed by atoms with Crippen LogP contribution in [0.2, 0.25) is 0 Å². The number of aliphatic hydroxyl groups is 1. The van der Waals surface area contributed by atoms with Gasteiger partial charge in [-0.1, -0.05) is 39.2 Å². The van der Waals surface area contributed by atoms with Crippen molar-refractivity contribution >= 4 is 11.3 Å². The minimum atomic E-state index is -0.455. The average molecular weight is 267 g/mol. The molecule has 0 aliphatic heterocycles. The fourth-order valence-electron chi connectivity index (χ4n) is 2.75. The number of rotatable bonds is 5. The molecule has 0 spiro atoms. The van der Waals surface area contributed by atoms with Crippen LogP contribution < -0.4 is 5.32 Å². The fourth-order valence-corrected chi connectivity index (χ4v) is 3.60. The molecular formula is C15H25NOS. The van der Waals surface area contributed by atoms with Gasteiger partial charge in [-0.2, -0.15) is 0 Å². The smallest absolute Gasteiger partial charge is 0.0771 e. The second-order valence-electron chi connectivity index (χ2n) is 6.25. The Labute approximate surface area is 114 Å². The summed E-state index contributed by atoms with van der Waals surface area (Å²) in [7, 11) is 0. The van der Waals surface area contributed by atoms with Gasteiger partial charge in [0.1, 0.15) is 0 Å². The van der Waals surface area contributed by atoms with Crippen molar-refractivity contribution in [2.45, 2.75) is 57.0 Å².